The summed E-state index contributed by atoms with van der Waals surface area (Å²) >= 11 is 0. The molecule has 0 bridgehead atoms. The summed E-state index contributed by atoms with van der Waals surface area (Å²) in [6, 6.07) is 36.4. The van der Waals surface area contributed by atoms with E-state index in [4.69, 9.17) is 9.47 Å². The number of ether oxygens (including phenoxy) is 2. The Kier molecular flexibility index (Phi) is 27.9. The molecule has 6 rings (SSSR count). The average molecular weight is 1150 g/mol. The van der Waals surface area contributed by atoms with Gasteiger partial charge in [-0.05, 0) is 127 Å². The average Bonchev–Trinajstić information content (AvgIpc) is 4.42. The first-order valence-corrected chi connectivity index (χ1v) is 29.9. The normalized spacial score (nSPS) is 16.8. The molecule has 2 fully saturated rings. The number of rotatable bonds is 32. The van der Waals surface area contributed by atoms with Crippen molar-refractivity contribution >= 4 is 35.4 Å². The van der Waals surface area contributed by atoms with E-state index in [1.165, 1.54) is 5.56 Å². The molecule has 0 saturated carbocycles. The Morgan fingerprint density at radius 3 is 1.36 bits per heavy atom. The highest BCUT2D eigenvalue weighted by Crippen LogP contribution is 2.24. The van der Waals surface area contributed by atoms with Crippen LogP contribution in [-0.2, 0) is 64.0 Å². The van der Waals surface area contributed by atoms with E-state index in [1.54, 1.807) is 51.6 Å². The van der Waals surface area contributed by atoms with Crippen molar-refractivity contribution in [3.05, 3.63) is 144 Å². The lowest BCUT2D eigenvalue weighted by atomic mass is 10.1. The Bertz CT molecular complexity index is 2610. The molecular weight excluding hydrogens is 1060 g/mol. The van der Waals surface area contributed by atoms with Gasteiger partial charge in [-0.2, -0.15) is 0 Å². The summed E-state index contributed by atoms with van der Waals surface area (Å²) in [6.07, 6.45) is 4.58. The zero-order chi connectivity index (χ0) is 60.1. The van der Waals surface area contributed by atoms with Crippen LogP contribution in [0.25, 0.3) is 0 Å². The highest BCUT2D eigenvalue weighted by molar-refractivity contribution is 5.91. The van der Waals surface area contributed by atoms with Crippen LogP contribution in [0.1, 0.15) is 88.5 Å². The monoisotopic (exact) mass is 1150 g/mol. The molecule has 0 aliphatic carbocycles. The highest BCUT2D eigenvalue weighted by Gasteiger charge is 2.40. The lowest BCUT2D eigenvalue weighted by Crippen LogP contribution is -2.59. The molecule has 4 aromatic rings. The summed E-state index contributed by atoms with van der Waals surface area (Å²) < 4.78 is 12.2. The molecule has 17 heteroatoms. The number of benzene rings is 4. The SMILES string of the molecule is CN[C@@H](C)C(=O)N[C@H](C(=O)N1CCC[C@H]1CN(CCc1ccccc1)C(=O)CCCc1ccccc1)[C@@H](C)OCC#CC#CCO[C@H](C)[C@H](NC(=O)[C@H](C)NC)C(=O)N1CCC[C@H]1CN(CCc1ccccc1)C(=O)CNCc1ccccc1. The maximum atomic E-state index is 14.6. The van der Waals surface area contributed by atoms with Crippen LogP contribution in [0.5, 0.6) is 0 Å². The molecule has 84 heavy (non-hydrogen) atoms. The Balaban J connectivity index is 1.06. The van der Waals surface area contributed by atoms with Crippen LogP contribution in [0.4, 0.5) is 0 Å². The number of amides is 6. The summed E-state index contributed by atoms with van der Waals surface area (Å²) in [4.78, 5) is 91.2. The van der Waals surface area contributed by atoms with Gasteiger partial charge in [0.15, 0.2) is 0 Å². The lowest BCUT2D eigenvalue weighted by Gasteiger charge is -2.35. The number of carbonyl (C=O) groups is 6. The van der Waals surface area contributed by atoms with Crippen LogP contribution in [0.15, 0.2) is 121 Å². The fraction of sp³-hybridized carbons (Fsp3) is 0.493. The first-order valence-electron chi connectivity index (χ1n) is 29.9. The van der Waals surface area contributed by atoms with Crippen LogP contribution in [0.3, 0.4) is 0 Å². The predicted molar refractivity (Wildman–Crippen MR) is 328 cm³/mol. The minimum Gasteiger partial charge on any atom is -0.363 e. The molecule has 450 valence electrons. The molecule has 2 heterocycles. The third kappa shape index (κ3) is 21.4. The number of hydrogen-bond donors (Lipinski definition) is 5. The third-order valence-electron chi connectivity index (χ3n) is 15.9. The van der Waals surface area contributed by atoms with Crippen LogP contribution >= 0.6 is 0 Å². The van der Waals surface area contributed by atoms with Gasteiger partial charge in [0.1, 0.15) is 25.3 Å². The van der Waals surface area contributed by atoms with Crippen molar-refractivity contribution in [3.8, 4) is 23.7 Å². The quantitative estimate of drug-likeness (QED) is 0.0417. The smallest absolute Gasteiger partial charge is 0.248 e. The molecule has 0 unspecified atom stereocenters. The van der Waals surface area contributed by atoms with Gasteiger partial charge in [0.2, 0.25) is 35.4 Å². The van der Waals surface area contributed by atoms with Crippen LogP contribution in [0.2, 0.25) is 0 Å². The standard InChI is InChI=1S/C67H89N9O8/c1-50(68-5)64(79)71-62(66(81)75-40-24-35-58(75)48-73(42-38-55-28-15-10-16-29-55)60(77)37-23-34-54-26-13-9-14-27-54)52(3)83-44-21-7-8-22-45-84-53(4)63(72-65(80)51(2)69-6)67(82)76-41-25-36-59(76)49-74(43-39-56-30-17-11-18-31-56)61(78)47-70-46-57-32-19-12-20-33-57/h9-20,26-33,50-53,58-59,62-63,68-70H,23-25,34-49H2,1-6H3,(H,71,79)(H,72,80)/t50-,51-,52+,53+,58-,59-,62-,63-/m0/s1. The van der Waals surface area contributed by atoms with Crippen molar-refractivity contribution < 1.29 is 38.2 Å². The molecular formula is C67H89N9O8. The van der Waals surface area contributed by atoms with E-state index in [1.807, 2.05) is 107 Å². The van der Waals surface area contributed by atoms with Gasteiger partial charge >= 0.3 is 0 Å². The van der Waals surface area contributed by atoms with E-state index in [0.717, 1.165) is 36.0 Å². The van der Waals surface area contributed by atoms with E-state index in [0.29, 0.717) is 84.3 Å². The molecule has 0 radical (unpaired) electrons. The second kappa shape index (κ2) is 35.7. The van der Waals surface area contributed by atoms with Gasteiger partial charge in [0.25, 0.3) is 0 Å². The van der Waals surface area contributed by atoms with Crippen molar-refractivity contribution in [3.63, 3.8) is 0 Å². The number of nitrogens with zero attached hydrogens (tertiary/aromatic N) is 4. The van der Waals surface area contributed by atoms with E-state index in [2.05, 4.69) is 74.5 Å². The molecule has 6 amide bonds. The van der Waals surface area contributed by atoms with Gasteiger partial charge < -0.3 is 55.7 Å². The lowest BCUT2D eigenvalue weighted by molar-refractivity contribution is -0.143. The minimum absolute atomic E-state index is 0.0507. The van der Waals surface area contributed by atoms with E-state index < -0.39 is 36.4 Å². The molecule has 4 aromatic carbocycles. The molecule has 5 N–H and O–H groups in total. The first-order chi connectivity index (χ1) is 40.8. The third-order valence-corrected chi connectivity index (χ3v) is 15.9. The largest absolute Gasteiger partial charge is 0.363 e. The van der Waals surface area contributed by atoms with Gasteiger partial charge in [0.05, 0.1) is 30.8 Å². The van der Waals surface area contributed by atoms with E-state index >= 15 is 0 Å². The van der Waals surface area contributed by atoms with Gasteiger partial charge in [-0.15, -0.1) is 0 Å². The molecule has 8 atom stereocenters. The molecule has 0 spiro atoms. The van der Waals surface area contributed by atoms with Crippen LogP contribution in [-0.4, -0.2) is 177 Å². The number of carbonyl (C=O) groups excluding carboxylic acids is 6. The Morgan fingerprint density at radius 1 is 0.548 bits per heavy atom. The topological polar surface area (TPSA) is 194 Å². The van der Waals surface area contributed by atoms with Crippen molar-refractivity contribution in [2.24, 2.45) is 0 Å². The maximum absolute atomic E-state index is 14.6. The number of aryl methyl sites for hydroxylation is 1. The van der Waals surface area contributed by atoms with E-state index in [-0.39, 0.29) is 67.3 Å². The zero-order valence-corrected chi connectivity index (χ0v) is 50.2. The molecule has 0 aromatic heterocycles. The number of likely N-dealkylation sites (N-methyl/N-ethyl adjacent to an activating group) is 2. The number of nitrogens with one attached hydrogen (secondary N) is 5. The molecule has 17 nitrogen and oxygen atoms in total. The molecule has 2 saturated heterocycles. The number of likely N-dealkylation sites (tertiary alicyclic amines) is 2. The van der Waals surface area contributed by atoms with Crippen molar-refractivity contribution in [2.75, 3.05) is 73.1 Å². The highest BCUT2D eigenvalue weighted by atomic mass is 16.5. The van der Waals surface area contributed by atoms with Gasteiger partial charge in [-0.1, -0.05) is 133 Å². The van der Waals surface area contributed by atoms with Crippen LogP contribution < -0.4 is 26.6 Å². The first kappa shape index (κ1) is 65.8. The van der Waals surface area contributed by atoms with Gasteiger partial charge in [-0.25, -0.2) is 0 Å². The molecule has 2 aliphatic rings. The summed E-state index contributed by atoms with van der Waals surface area (Å²) in [7, 11) is 3.35. The fourth-order valence-electron chi connectivity index (χ4n) is 10.5. The zero-order valence-electron chi connectivity index (χ0n) is 50.2. The minimum atomic E-state index is -1.04. The fourth-order valence-corrected chi connectivity index (χ4v) is 10.5. The second-order valence-corrected chi connectivity index (χ2v) is 21.9. The maximum Gasteiger partial charge on any atom is 0.248 e. The summed E-state index contributed by atoms with van der Waals surface area (Å²) in [5, 5.41) is 15.1. The number of hydrogen-bond acceptors (Lipinski definition) is 11. The van der Waals surface area contributed by atoms with Crippen molar-refractivity contribution in [1.29, 1.82) is 0 Å². The van der Waals surface area contributed by atoms with Gasteiger partial charge in [0, 0.05) is 64.3 Å². The summed E-state index contributed by atoms with van der Waals surface area (Å²) in [5.41, 5.74) is 4.50. The predicted octanol–water partition coefficient (Wildman–Crippen LogP) is 4.93. The van der Waals surface area contributed by atoms with Crippen molar-refractivity contribution in [1.82, 2.24) is 46.2 Å². The van der Waals surface area contributed by atoms with E-state index in [9.17, 15) is 28.8 Å². The second-order valence-electron chi connectivity index (χ2n) is 21.9. The Hall–Kier alpha value is -7.38. The van der Waals surface area contributed by atoms with Crippen molar-refractivity contribution in [2.45, 2.75) is 140 Å². The Labute approximate surface area is 498 Å². The van der Waals surface area contributed by atoms with Gasteiger partial charge in [-0.3, -0.25) is 28.8 Å². The summed E-state index contributed by atoms with van der Waals surface area (Å²) in [5.74, 6) is 10.0. The summed E-state index contributed by atoms with van der Waals surface area (Å²) in [6.45, 7) is 10.0. The Morgan fingerprint density at radius 2 is 0.940 bits per heavy atom. The van der Waals surface area contributed by atoms with Crippen LogP contribution in [0, 0.1) is 23.7 Å². The molecule has 2 aliphatic heterocycles.